The number of carbonyl (C=O) groups is 1. The number of hydrogen-bond donors (Lipinski definition) is 2. The van der Waals surface area contributed by atoms with Gasteiger partial charge in [-0.05, 0) is 48.1 Å². The molecule has 0 bridgehead atoms. The van der Waals surface area contributed by atoms with E-state index >= 15 is 0 Å². The second kappa shape index (κ2) is 9.76. The third-order valence-corrected chi connectivity index (χ3v) is 7.09. The number of ether oxygens (including phenoxy) is 1. The smallest absolute Gasteiger partial charge is 0.258 e. The van der Waals surface area contributed by atoms with Gasteiger partial charge in [-0.15, -0.1) is 0 Å². The van der Waals surface area contributed by atoms with E-state index in [2.05, 4.69) is 16.3 Å². The molecule has 2 aliphatic rings. The summed E-state index contributed by atoms with van der Waals surface area (Å²) in [6, 6.07) is 11.4. The van der Waals surface area contributed by atoms with Gasteiger partial charge < -0.3 is 14.7 Å². The van der Waals surface area contributed by atoms with Crippen LogP contribution in [0.4, 0.5) is 0 Å². The van der Waals surface area contributed by atoms with Gasteiger partial charge in [0, 0.05) is 36.7 Å². The number of aromatic amines is 1. The van der Waals surface area contributed by atoms with Gasteiger partial charge in [0.15, 0.2) is 0 Å². The van der Waals surface area contributed by atoms with E-state index < -0.39 is 0 Å². The fourth-order valence-corrected chi connectivity index (χ4v) is 5.22. The topological polar surface area (TPSA) is 102 Å². The highest BCUT2D eigenvalue weighted by atomic mass is 16.5. The molecule has 1 fully saturated rings. The summed E-state index contributed by atoms with van der Waals surface area (Å²) in [6.07, 6.45) is 8.45. The molecule has 2 aromatic carbocycles. The van der Waals surface area contributed by atoms with E-state index in [4.69, 9.17) is 10.00 Å². The Morgan fingerprint density at radius 3 is 2.82 bits per heavy atom. The van der Waals surface area contributed by atoms with Gasteiger partial charge >= 0.3 is 0 Å². The number of carbonyl (C=O) groups excluding carboxylic acids is 1. The third kappa shape index (κ3) is 4.58. The van der Waals surface area contributed by atoms with Crippen molar-refractivity contribution in [2.24, 2.45) is 5.92 Å². The number of fused-ring (bicyclic) bond motifs is 2. The SMILES string of the molecule is N#CCCCOc1ccc2c(c1)CN(C(=O)c1cc3c(CC4CCCCC4)[nH]nc3cc1O)C2. The number of benzene rings is 2. The lowest BCUT2D eigenvalue weighted by Crippen LogP contribution is -2.25. The Morgan fingerprint density at radius 1 is 1.18 bits per heavy atom. The van der Waals surface area contributed by atoms with Crippen molar-refractivity contribution in [1.82, 2.24) is 15.1 Å². The van der Waals surface area contributed by atoms with Gasteiger partial charge in [0.25, 0.3) is 5.91 Å². The normalized spacial score (nSPS) is 15.9. The van der Waals surface area contributed by atoms with Crippen LogP contribution in [-0.2, 0) is 19.5 Å². The minimum absolute atomic E-state index is 0.0364. The van der Waals surface area contributed by atoms with Gasteiger partial charge in [-0.25, -0.2) is 0 Å². The molecule has 1 aromatic heterocycles. The summed E-state index contributed by atoms with van der Waals surface area (Å²) < 4.78 is 5.74. The maximum atomic E-state index is 13.4. The molecule has 1 aliphatic heterocycles. The number of nitrogens with zero attached hydrogens (tertiary/aromatic N) is 3. The third-order valence-electron chi connectivity index (χ3n) is 7.09. The summed E-state index contributed by atoms with van der Waals surface area (Å²) in [5.74, 6) is 1.18. The molecule has 176 valence electrons. The highest BCUT2D eigenvalue weighted by molar-refractivity contribution is 6.01. The number of nitrogens with one attached hydrogen (secondary N) is 1. The van der Waals surface area contributed by atoms with Gasteiger partial charge in [-0.2, -0.15) is 10.4 Å². The molecule has 7 heteroatoms. The molecule has 1 aliphatic carbocycles. The maximum absolute atomic E-state index is 13.4. The summed E-state index contributed by atoms with van der Waals surface area (Å²) in [5.41, 5.74) is 4.20. The predicted octanol–water partition coefficient (Wildman–Crippen LogP) is 5.23. The first-order chi connectivity index (χ1) is 16.6. The molecule has 2 N–H and O–H groups in total. The van der Waals surface area contributed by atoms with Gasteiger partial charge in [0.1, 0.15) is 11.5 Å². The van der Waals surface area contributed by atoms with E-state index in [-0.39, 0.29) is 11.7 Å². The highest BCUT2D eigenvalue weighted by Crippen LogP contribution is 2.33. The van der Waals surface area contributed by atoms with Gasteiger partial charge in [0.05, 0.1) is 23.8 Å². The second-order valence-electron chi connectivity index (χ2n) is 9.50. The number of aromatic hydroxyl groups is 1. The van der Waals surface area contributed by atoms with Crippen LogP contribution >= 0.6 is 0 Å². The van der Waals surface area contributed by atoms with Crippen molar-refractivity contribution in [3.05, 3.63) is 52.7 Å². The first-order valence-electron chi connectivity index (χ1n) is 12.2. The zero-order valence-corrected chi connectivity index (χ0v) is 19.3. The molecule has 0 unspecified atom stereocenters. The molecule has 3 aromatic rings. The summed E-state index contributed by atoms with van der Waals surface area (Å²) >= 11 is 0. The molecule has 7 nitrogen and oxygen atoms in total. The number of phenolic OH excluding ortho intramolecular Hbond substituents is 1. The number of phenols is 1. The molecule has 0 saturated heterocycles. The number of rotatable bonds is 7. The van der Waals surface area contributed by atoms with Crippen LogP contribution in [0.1, 0.15) is 72.1 Å². The van der Waals surface area contributed by atoms with E-state index in [0.29, 0.717) is 49.5 Å². The maximum Gasteiger partial charge on any atom is 0.258 e. The minimum atomic E-state index is -0.183. The first kappa shape index (κ1) is 22.3. The van der Waals surface area contributed by atoms with Crippen LogP contribution in [0.2, 0.25) is 0 Å². The largest absolute Gasteiger partial charge is 0.507 e. The fourth-order valence-electron chi connectivity index (χ4n) is 5.22. The monoisotopic (exact) mass is 458 g/mol. The summed E-state index contributed by atoms with van der Waals surface area (Å²) in [4.78, 5) is 15.2. The summed E-state index contributed by atoms with van der Waals surface area (Å²) in [6.45, 7) is 1.47. The predicted molar refractivity (Wildman–Crippen MR) is 128 cm³/mol. The van der Waals surface area contributed by atoms with Crippen LogP contribution in [0.25, 0.3) is 10.9 Å². The number of unbranched alkanes of at least 4 members (excludes halogenated alkanes) is 1. The Hall–Kier alpha value is -3.53. The van der Waals surface area contributed by atoms with Crippen LogP contribution in [0.5, 0.6) is 11.5 Å². The van der Waals surface area contributed by atoms with Crippen LogP contribution in [-0.4, -0.2) is 32.7 Å². The molecule has 1 saturated carbocycles. The van der Waals surface area contributed by atoms with E-state index in [1.165, 1.54) is 32.1 Å². The quantitative estimate of drug-likeness (QED) is 0.472. The Labute approximate surface area is 199 Å². The van der Waals surface area contributed by atoms with Crippen molar-refractivity contribution in [3.8, 4) is 17.6 Å². The molecule has 34 heavy (non-hydrogen) atoms. The number of aromatic nitrogens is 2. The fraction of sp³-hybridized carbons (Fsp3) is 0.444. The number of hydrogen-bond acceptors (Lipinski definition) is 5. The molecule has 2 heterocycles. The standard InChI is InChI=1S/C27H30N4O3/c28-10-4-5-11-34-21-9-8-19-16-31(17-20(19)13-21)27(33)23-14-22-24(12-18-6-2-1-3-7-18)29-30-25(22)15-26(23)32/h8-9,13-15,18,32H,1-7,11-12,16-17H2,(H,29,30). The molecular formula is C27H30N4O3. The van der Waals surface area contributed by atoms with Crippen LogP contribution in [0.3, 0.4) is 0 Å². The average Bonchev–Trinajstić information content (AvgIpc) is 3.45. The van der Waals surface area contributed by atoms with Crippen molar-refractivity contribution in [3.63, 3.8) is 0 Å². The lowest BCUT2D eigenvalue weighted by molar-refractivity contribution is 0.0748. The highest BCUT2D eigenvalue weighted by Gasteiger charge is 2.27. The van der Waals surface area contributed by atoms with E-state index in [1.807, 2.05) is 18.2 Å². The average molecular weight is 459 g/mol. The van der Waals surface area contributed by atoms with Gasteiger partial charge in [-0.3, -0.25) is 9.89 Å². The van der Waals surface area contributed by atoms with E-state index in [1.54, 1.807) is 17.0 Å². The van der Waals surface area contributed by atoms with Crippen molar-refractivity contribution in [2.75, 3.05) is 6.61 Å². The second-order valence-corrected chi connectivity index (χ2v) is 9.50. The van der Waals surface area contributed by atoms with Crippen LogP contribution in [0.15, 0.2) is 30.3 Å². The summed E-state index contributed by atoms with van der Waals surface area (Å²) in [5, 5.41) is 27.7. The molecule has 5 rings (SSSR count). The molecule has 0 spiro atoms. The van der Waals surface area contributed by atoms with Crippen LogP contribution in [0, 0.1) is 17.2 Å². The van der Waals surface area contributed by atoms with Gasteiger partial charge in [-0.1, -0.05) is 38.2 Å². The minimum Gasteiger partial charge on any atom is -0.507 e. The molecule has 0 radical (unpaired) electrons. The first-order valence-corrected chi connectivity index (χ1v) is 12.2. The Bertz CT molecular complexity index is 1240. The Kier molecular flexibility index (Phi) is 6.39. The number of nitriles is 1. The summed E-state index contributed by atoms with van der Waals surface area (Å²) in [7, 11) is 0. The van der Waals surface area contributed by atoms with Crippen LogP contribution < -0.4 is 4.74 Å². The van der Waals surface area contributed by atoms with E-state index in [0.717, 1.165) is 34.4 Å². The van der Waals surface area contributed by atoms with E-state index in [9.17, 15) is 9.90 Å². The Morgan fingerprint density at radius 2 is 2.00 bits per heavy atom. The Balaban J connectivity index is 1.32. The molecule has 1 amide bonds. The number of H-pyrrole nitrogens is 1. The zero-order chi connectivity index (χ0) is 23.5. The number of amides is 1. The van der Waals surface area contributed by atoms with Crippen molar-refractivity contribution in [2.45, 2.75) is 64.5 Å². The van der Waals surface area contributed by atoms with Crippen molar-refractivity contribution >= 4 is 16.8 Å². The van der Waals surface area contributed by atoms with Crippen molar-refractivity contribution in [1.29, 1.82) is 5.26 Å². The van der Waals surface area contributed by atoms with Gasteiger partial charge in [0.2, 0.25) is 0 Å². The zero-order valence-electron chi connectivity index (χ0n) is 19.3. The van der Waals surface area contributed by atoms with Crippen molar-refractivity contribution < 1.29 is 14.6 Å². The lowest BCUT2D eigenvalue weighted by atomic mass is 9.85. The molecular weight excluding hydrogens is 428 g/mol. The lowest BCUT2D eigenvalue weighted by Gasteiger charge is -2.21. The molecule has 0 atom stereocenters.